The van der Waals surface area contributed by atoms with Crippen LogP contribution in [-0.4, -0.2) is 4.98 Å². The second kappa shape index (κ2) is 5.56. The van der Waals surface area contributed by atoms with E-state index in [0.29, 0.717) is 0 Å². The number of aromatic amines is 1. The van der Waals surface area contributed by atoms with Crippen molar-refractivity contribution < 1.29 is 4.74 Å². The molecule has 1 N–H and O–H groups in total. The number of fused-ring (bicyclic) bond motifs is 9. The van der Waals surface area contributed by atoms with Gasteiger partial charge in [-0.25, -0.2) is 0 Å². The maximum atomic E-state index is 6.24. The van der Waals surface area contributed by atoms with Gasteiger partial charge in [0, 0.05) is 21.5 Å². The first kappa shape index (κ1) is 15.5. The van der Waals surface area contributed by atoms with Gasteiger partial charge in [0.05, 0.1) is 20.8 Å². The zero-order chi connectivity index (χ0) is 18.9. The SMILES string of the molecule is c1ccc2c(c1)Oc1cc3c(ccc4c5ccc6ccccc6c5[nH]c34)cc1S2. The van der Waals surface area contributed by atoms with Gasteiger partial charge in [-0.1, -0.05) is 72.4 Å². The molecule has 5 aromatic carbocycles. The van der Waals surface area contributed by atoms with Gasteiger partial charge in [-0.2, -0.15) is 0 Å². The fraction of sp³-hybridized carbons (Fsp3) is 0. The van der Waals surface area contributed by atoms with E-state index in [-0.39, 0.29) is 0 Å². The summed E-state index contributed by atoms with van der Waals surface area (Å²) >= 11 is 1.77. The van der Waals surface area contributed by atoms with Crippen LogP contribution in [0, 0.1) is 0 Å². The lowest BCUT2D eigenvalue weighted by Crippen LogP contribution is -1.94. The van der Waals surface area contributed by atoms with E-state index >= 15 is 0 Å². The molecule has 0 fully saturated rings. The molecule has 0 unspecified atom stereocenters. The fourth-order valence-corrected chi connectivity index (χ4v) is 5.44. The lowest BCUT2D eigenvalue weighted by atomic mass is 10.0. The summed E-state index contributed by atoms with van der Waals surface area (Å²) in [6.07, 6.45) is 0. The molecule has 3 heteroatoms. The van der Waals surface area contributed by atoms with Gasteiger partial charge in [-0.05, 0) is 35.0 Å². The van der Waals surface area contributed by atoms with Crippen LogP contribution in [0.4, 0.5) is 0 Å². The summed E-state index contributed by atoms with van der Waals surface area (Å²) in [5.74, 6) is 1.86. The van der Waals surface area contributed by atoms with Gasteiger partial charge < -0.3 is 9.72 Å². The van der Waals surface area contributed by atoms with E-state index in [9.17, 15) is 0 Å². The van der Waals surface area contributed by atoms with E-state index in [4.69, 9.17) is 4.74 Å². The van der Waals surface area contributed by atoms with Crippen molar-refractivity contribution in [2.75, 3.05) is 0 Å². The van der Waals surface area contributed by atoms with Crippen LogP contribution in [0.15, 0.2) is 94.7 Å². The number of H-pyrrole nitrogens is 1. The average molecular weight is 389 g/mol. The number of hydrogen-bond acceptors (Lipinski definition) is 2. The number of benzene rings is 5. The maximum Gasteiger partial charge on any atom is 0.142 e. The van der Waals surface area contributed by atoms with Crippen molar-refractivity contribution >= 4 is 55.1 Å². The third-order valence-corrected chi connectivity index (χ3v) is 6.94. The Labute approximate surface area is 171 Å². The topological polar surface area (TPSA) is 25.0 Å². The van der Waals surface area contributed by atoms with Gasteiger partial charge in [-0.15, -0.1) is 0 Å². The highest BCUT2D eigenvalue weighted by atomic mass is 32.2. The smallest absolute Gasteiger partial charge is 0.142 e. The van der Waals surface area contributed by atoms with Gasteiger partial charge in [0.15, 0.2) is 0 Å². The van der Waals surface area contributed by atoms with E-state index in [2.05, 4.69) is 77.8 Å². The minimum Gasteiger partial charge on any atom is -0.455 e. The van der Waals surface area contributed by atoms with E-state index in [1.54, 1.807) is 11.8 Å². The highest BCUT2D eigenvalue weighted by Gasteiger charge is 2.19. The van der Waals surface area contributed by atoms with Crippen molar-refractivity contribution in [2.45, 2.75) is 9.79 Å². The van der Waals surface area contributed by atoms with E-state index in [1.807, 2.05) is 12.1 Å². The Morgan fingerprint density at radius 2 is 1.31 bits per heavy atom. The summed E-state index contributed by atoms with van der Waals surface area (Å²) < 4.78 is 6.24. The minimum absolute atomic E-state index is 0.928. The first-order valence-electron chi connectivity index (χ1n) is 9.70. The molecule has 0 atom stereocenters. The molecule has 1 aromatic heterocycles. The van der Waals surface area contributed by atoms with Crippen LogP contribution in [-0.2, 0) is 0 Å². The molecule has 0 saturated carbocycles. The van der Waals surface area contributed by atoms with Gasteiger partial charge in [-0.3, -0.25) is 0 Å². The molecular weight excluding hydrogens is 374 g/mol. The van der Waals surface area contributed by atoms with Gasteiger partial charge in [0.2, 0.25) is 0 Å². The number of nitrogens with one attached hydrogen (secondary N) is 1. The lowest BCUT2D eigenvalue weighted by molar-refractivity contribution is 0.455. The lowest BCUT2D eigenvalue weighted by Gasteiger charge is -2.20. The zero-order valence-corrected chi connectivity index (χ0v) is 16.2. The number of para-hydroxylation sites is 1. The van der Waals surface area contributed by atoms with Crippen molar-refractivity contribution in [1.29, 1.82) is 0 Å². The molecule has 0 amide bonds. The van der Waals surface area contributed by atoms with Crippen molar-refractivity contribution in [3.8, 4) is 11.5 Å². The summed E-state index contributed by atoms with van der Waals surface area (Å²) in [7, 11) is 0. The molecule has 7 rings (SSSR count). The van der Waals surface area contributed by atoms with Gasteiger partial charge >= 0.3 is 0 Å². The number of hydrogen-bond donors (Lipinski definition) is 1. The standard InChI is InChI=1S/C26H15NOS/c1-2-6-17-15(5-1)9-11-18-19-12-10-16-13-24-22(14-20(16)26(19)27-25(17)18)28-21-7-3-4-8-23(21)29-24/h1-14,27H. The highest BCUT2D eigenvalue weighted by Crippen LogP contribution is 2.49. The monoisotopic (exact) mass is 389 g/mol. The third-order valence-electron chi connectivity index (χ3n) is 5.84. The van der Waals surface area contributed by atoms with Crippen LogP contribution in [0.25, 0.3) is 43.4 Å². The minimum atomic E-state index is 0.928. The second-order valence-electron chi connectivity index (χ2n) is 7.49. The maximum absolute atomic E-state index is 6.24. The Kier molecular flexibility index (Phi) is 2.97. The first-order chi connectivity index (χ1) is 14.3. The summed E-state index contributed by atoms with van der Waals surface area (Å²) in [5, 5.41) is 7.45. The van der Waals surface area contributed by atoms with Crippen molar-refractivity contribution in [2.24, 2.45) is 0 Å². The quantitative estimate of drug-likeness (QED) is 0.285. The largest absolute Gasteiger partial charge is 0.455 e. The van der Waals surface area contributed by atoms with Crippen molar-refractivity contribution in [3.63, 3.8) is 0 Å². The second-order valence-corrected chi connectivity index (χ2v) is 8.58. The van der Waals surface area contributed by atoms with E-state index in [1.165, 1.54) is 43.4 Å². The fourth-order valence-electron chi connectivity index (χ4n) is 4.46. The van der Waals surface area contributed by atoms with E-state index in [0.717, 1.165) is 21.3 Å². The molecule has 2 heterocycles. The molecule has 0 radical (unpaired) electrons. The van der Waals surface area contributed by atoms with Crippen LogP contribution in [0.2, 0.25) is 0 Å². The molecule has 2 nitrogen and oxygen atoms in total. The molecule has 1 aliphatic rings. The molecule has 6 aromatic rings. The Bertz CT molecular complexity index is 1610. The number of aromatic nitrogens is 1. The van der Waals surface area contributed by atoms with Gasteiger partial charge in [0.1, 0.15) is 11.5 Å². The summed E-state index contributed by atoms with van der Waals surface area (Å²) in [6, 6.07) is 30.1. The Morgan fingerprint density at radius 1 is 0.552 bits per heavy atom. The molecular formula is C26H15NOS. The Balaban J connectivity index is 1.54. The summed E-state index contributed by atoms with van der Waals surface area (Å²) in [5.41, 5.74) is 2.37. The first-order valence-corrected chi connectivity index (χ1v) is 10.5. The molecule has 136 valence electrons. The predicted octanol–water partition coefficient (Wildman–Crippen LogP) is 7.88. The summed E-state index contributed by atoms with van der Waals surface area (Å²) in [6.45, 7) is 0. The molecule has 0 spiro atoms. The average Bonchev–Trinajstić information content (AvgIpc) is 3.16. The molecule has 29 heavy (non-hydrogen) atoms. The number of rotatable bonds is 0. The normalized spacial score (nSPS) is 13.0. The molecule has 0 aliphatic carbocycles. The van der Waals surface area contributed by atoms with Crippen LogP contribution >= 0.6 is 11.8 Å². The molecule has 0 bridgehead atoms. The third kappa shape index (κ3) is 2.13. The van der Waals surface area contributed by atoms with Crippen LogP contribution < -0.4 is 4.74 Å². The van der Waals surface area contributed by atoms with Crippen LogP contribution in [0.1, 0.15) is 0 Å². The number of ether oxygens (including phenoxy) is 1. The van der Waals surface area contributed by atoms with Crippen LogP contribution in [0.5, 0.6) is 11.5 Å². The van der Waals surface area contributed by atoms with Gasteiger partial charge in [0.25, 0.3) is 0 Å². The van der Waals surface area contributed by atoms with Crippen LogP contribution in [0.3, 0.4) is 0 Å². The molecule has 0 saturated heterocycles. The Morgan fingerprint density at radius 3 is 2.24 bits per heavy atom. The van der Waals surface area contributed by atoms with Crippen molar-refractivity contribution in [3.05, 3.63) is 84.9 Å². The van der Waals surface area contributed by atoms with E-state index < -0.39 is 0 Å². The molecule has 1 aliphatic heterocycles. The highest BCUT2D eigenvalue weighted by molar-refractivity contribution is 7.99. The van der Waals surface area contributed by atoms with Crippen molar-refractivity contribution in [1.82, 2.24) is 4.98 Å². The Hall–Kier alpha value is -3.43. The summed E-state index contributed by atoms with van der Waals surface area (Å²) in [4.78, 5) is 6.06. The predicted molar refractivity (Wildman–Crippen MR) is 121 cm³/mol. The zero-order valence-electron chi connectivity index (χ0n) is 15.4.